The fourth-order valence-corrected chi connectivity index (χ4v) is 5.78. The molecule has 2 aromatic carbocycles. The lowest BCUT2D eigenvalue weighted by molar-refractivity contribution is -0.118. The molecule has 1 aromatic heterocycles. The van der Waals surface area contributed by atoms with Gasteiger partial charge in [-0.15, -0.1) is 0 Å². The Morgan fingerprint density at radius 3 is 2.41 bits per heavy atom. The van der Waals surface area contributed by atoms with E-state index in [4.69, 9.17) is 4.74 Å². The van der Waals surface area contributed by atoms with Gasteiger partial charge in [0, 0.05) is 19.5 Å². The molecule has 1 amide bonds. The van der Waals surface area contributed by atoms with Gasteiger partial charge < -0.3 is 9.64 Å². The van der Waals surface area contributed by atoms with Gasteiger partial charge in [-0.1, -0.05) is 31.3 Å². The van der Waals surface area contributed by atoms with Crippen molar-refractivity contribution in [3.8, 4) is 5.75 Å². The molecule has 0 saturated carbocycles. The maximum atomic E-state index is 13.3. The van der Waals surface area contributed by atoms with E-state index in [1.54, 1.807) is 4.90 Å². The van der Waals surface area contributed by atoms with Gasteiger partial charge in [-0.05, 0) is 56.4 Å². The van der Waals surface area contributed by atoms with Crippen molar-refractivity contribution in [3.63, 3.8) is 0 Å². The minimum absolute atomic E-state index is 0.00210. The molecule has 0 aliphatic heterocycles. The third-order valence-corrected chi connectivity index (χ3v) is 8.27. The van der Waals surface area contributed by atoms with Crippen molar-refractivity contribution in [1.82, 2.24) is 9.88 Å². The number of aromatic nitrogens is 1. The number of halogens is 1. The van der Waals surface area contributed by atoms with E-state index in [0.717, 1.165) is 29.9 Å². The quantitative estimate of drug-likeness (QED) is 0.339. The number of para-hydroxylation sites is 1. The van der Waals surface area contributed by atoms with Gasteiger partial charge in [-0.2, -0.15) is 0 Å². The Balaban J connectivity index is 1.85. The van der Waals surface area contributed by atoms with Gasteiger partial charge in [0.1, 0.15) is 17.1 Å². The van der Waals surface area contributed by atoms with Crippen molar-refractivity contribution >= 4 is 42.4 Å². The number of likely N-dealkylation sites (N-methyl/N-ethyl adjacent to an activating group) is 1. The number of sulfone groups is 1. The van der Waals surface area contributed by atoms with Gasteiger partial charge in [0.15, 0.2) is 15.0 Å². The van der Waals surface area contributed by atoms with E-state index in [2.05, 4.69) is 23.7 Å². The van der Waals surface area contributed by atoms with Gasteiger partial charge in [0.2, 0.25) is 5.91 Å². The Morgan fingerprint density at radius 1 is 1.06 bits per heavy atom. The molecule has 0 bridgehead atoms. The van der Waals surface area contributed by atoms with Gasteiger partial charge in [-0.25, -0.2) is 17.8 Å². The second kappa shape index (κ2) is 11.7. The first kappa shape index (κ1) is 26.1. The maximum absolute atomic E-state index is 13.3. The third kappa shape index (κ3) is 6.31. The minimum Gasteiger partial charge on any atom is -0.492 e. The topological polar surface area (TPSA) is 79.8 Å². The number of carbonyl (C=O) groups excluding carboxylic acids is 1. The summed E-state index contributed by atoms with van der Waals surface area (Å²) in [6, 6.07) is 10.3. The number of nitrogens with zero attached hydrogens (tertiary/aromatic N) is 3. The molecule has 0 unspecified atom stereocenters. The van der Waals surface area contributed by atoms with E-state index in [9.17, 15) is 17.6 Å². The van der Waals surface area contributed by atoms with Crippen LogP contribution in [0.2, 0.25) is 0 Å². The summed E-state index contributed by atoms with van der Waals surface area (Å²) in [4.78, 5) is 21.7. The molecule has 7 nitrogen and oxygen atoms in total. The van der Waals surface area contributed by atoms with E-state index in [1.165, 1.54) is 23.5 Å². The van der Waals surface area contributed by atoms with Crippen LogP contribution >= 0.6 is 11.3 Å². The monoisotopic (exact) mass is 507 g/mol. The van der Waals surface area contributed by atoms with Crippen LogP contribution in [0.25, 0.3) is 10.2 Å². The Morgan fingerprint density at radius 2 is 1.76 bits per heavy atom. The molecular formula is C24H30FN3O4S2. The molecule has 0 aliphatic carbocycles. The van der Waals surface area contributed by atoms with Crippen molar-refractivity contribution in [2.45, 2.75) is 32.1 Å². The average molecular weight is 508 g/mol. The maximum Gasteiger partial charge on any atom is 0.229 e. The van der Waals surface area contributed by atoms with Crippen LogP contribution in [0.4, 0.5) is 9.52 Å². The first-order valence-electron chi connectivity index (χ1n) is 11.3. The lowest BCUT2D eigenvalue weighted by Gasteiger charge is -2.24. The van der Waals surface area contributed by atoms with Crippen LogP contribution in [-0.2, 0) is 14.6 Å². The Hall–Kier alpha value is -2.56. The largest absolute Gasteiger partial charge is 0.492 e. The normalized spacial score (nSPS) is 11.8. The van der Waals surface area contributed by atoms with Crippen LogP contribution in [0.1, 0.15) is 27.2 Å². The molecule has 34 heavy (non-hydrogen) atoms. The Kier molecular flexibility index (Phi) is 8.98. The fourth-order valence-electron chi connectivity index (χ4n) is 3.52. The molecule has 0 aliphatic rings. The summed E-state index contributed by atoms with van der Waals surface area (Å²) in [6.45, 7) is 9.20. The second-order valence-electron chi connectivity index (χ2n) is 7.63. The summed E-state index contributed by atoms with van der Waals surface area (Å²) in [5.41, 5.74) is 0.684. The number of anilines is 1. The van der Waals surface area contributed by atoms with Crippen molar-refractivity contribution in [2.75, 3.05) is 43.4 Å². The van der Waals surface area contributed by atoms with Crippen molar-refractivity contribution in [1.29, 1.82) is 0 Å². The minimum atomic E-state index is -3.73. The summed E-state index contributed by atoms with van der Waals surface area (Å²) in [5.74, 6) is -0.554. The zero-order valence-electron chi connectivity index (χ0n) is 19.7. The molecule has 10 heteroatoms. The predicted octanol–water partition coefficient (Wildman–Crippen LogP) is 4.37. The molecule has 0 radical (unpaired) electrons. The van der Waals surface area contributed by atoms with E-state index in [-0.39, 0.29) is 23.0 Å². The average Bonchev–Trinajstić information content (AvgIpc) is 3.26. The zero-order chi connectivity index (χ0) is 24.7. The summed E-state index contributed by atoms with van der Waals surface area (Å²) in [6.07, 6.45) is -0.202. The zero-order valence-corrected chi connectivity index (χ0v) is 21.3. The van der Waals surface area contributed by atoms with Crippen LogP contribution in [-0.4, -0.2) is 62.7 Å². The number of ether oxygens (including phenoxy) is 1. The lowest BCUT2D eigenvalue weighted by Crippen LogP contribution is -2.39. The first-order valence-corrected chi connectivity index (χ1v) is 13.8. The van der Waals surface area contributed by atoms with Crippen molar-refractivity contribution < 1.29 is 22.3 Å². The number of rotatable bonds is 12. The van der Waals surface area contributed by atoms with Gasteiger partial charge in [-0.3, -0.25) is 9.69 Å². The molecule has 0 spiro atoms. The molecule has 1 heterocycles. The molecule has 3 rings (SSSR count). The SMILES string of the molecule is CCOc1cccc2sc(N(CCN(CC)CC)C(=O)CCS(=O)(=O)c3ccc(F)cc3)nc12. The summed E-state index contributed by atoms with van der Waals surface area (Å²) in [7, 11) is -3.73. The second-order valence-corrected chi connectivity index (χ2v) is 10.7. The molecule has 0 fully saturated rings. The third-order valence-electron chi connectivity index (χ3n) is 5.49. The van der Waals surface area contributed by atoms with E-state index < -0.39 is 15.7 Å². The molecule has 0 atom stereocenters. The number of fused-ring (bicyclic) bond motifs is 1. The van der Waals surface area contributed by atoms with Gasteiger partial charge in [0.05, 0.1) is 22.0 Å². The van der Waals surface area contributed by atoms with Gasteiger partial charge in [0.25, 0.3) is 0 Å². The number of benzene rings is 2. The van der Waals surface area contributed by atoms with Crippen LogP contribution in [0.5, 0.6) is 5.75 Å². The molecule has 184 valence electrons. The number of thiazole rings is 1. The van der Waals surface area contributed by atoms with E-state index in [1.807, 2.05) is 25.1 Å². The van der Waals surface area contributed by atoms with Crippen molar-refractivity contribution in [2.24, 2.45) is 0 Å². The van der Waals surface area contributed by atoms with Crippen LogP contribution in [0, 0.1) is 5.82 Å². The molecular weight excluding hydrogens is 477 g/mol. The van der Waals surface area contributed by atoms with Crippen LogP contribution in [0.3, 0.4) is 0 Å². The van der Waals surface area contributed by atoms with Crippen LogP contribution < -0.4 is 9.64 Å². The van der Waals surface area contributed by atoms with Gasteiger partial charge >= 0.3 is 0 Å². The van der Waals surface area contributed by atoms with Crippen LogP contribution in [0.15, 0.2) is 47.4 Å². The predicted molar refractivity (Wildman–Crippen MR) is 134 cm³/mol. The smallest absolute Gasteiger partial charge is 0.229 e. The Bertz CT molecular complexity index is 1210. The summed E-state index contributed by atoms with van der Waals surface area (Å²) >= 11 is 1.38. The standard InChI is InChI=1S/C24H30FN3O4S2/c1-4-27(5-2)15-16-28(24-26-23-20(32-6-3)8-7-9-21(23)33-24)22(29)14-17-34(30,31)19-12-10-18(25)11-13-19/h7-13H,4-6,14-17H2,1-3H3. The highest BCUT2D eigenvalue weighted by atomic mass is 32.2. The highest BCUT2D eigenvalue weighted by Gasteiger charge is 2.24. The first-order chi connectivity index (χ1) is 16.3. The number of hydrogen-bond acceptors (Lipinski definition) is 7. The molecule has 0 N–H and O–H groups in total. The number of hydrogen-bond donors (Lipinski definition) is 0. The number of carbonyl (C=O) groups is 1. The lowest BCUT2D eigenvalue weighted by atomic mass is 10.3. The fraction of sp³-hybridized carbons (Fsp3) is 0.417. The summed E-state index contributed by atoms with van der Waals surface area (Å²) in [5, 5.41) is 0.512. The highest BCUT2D eigenvalue weighted by Crippen LogP contribution is 2.34. The van der Waals surface area contributed by atoms with E-state index >= 15 is 0 Å². The molecule has 0 saturated heterocycles. The van der Waals surface area contributed by atoms with Crippen molar-refractivity contribution in [3.05, 3.63) is 48.3 Å². The Labute approximate surface area is 204 Å². The van der Waals surface area contributed by atoms with E-state index in [0.29, 0.717) is 36.1 Å². The molecule has 3 aromatic rings. The highest BCUT2D eigenvalue weighted by molar-refractivity contribution is 7.91. The summed E-state index contributed by atoms with van der Waals surface area (Å²) < 4.78 is 45.1. The number of amides is 1.